The number of benzene rings is 1. The van der Waals surface area contributed by atoms with E-state index in [9.17, 15) is 0 Å². The minimum absolute atomic E-state index is 0.794. The van der Waals surface area contributed by atoms with Gasteiger partial charge in [-0.05, 0) is 12.1 Å². The molecule has 0 saturated heterocycles. The molecule has 0 amide bonds. The van der Waals surface area contributed by atoms with Gasteiger partial charge in [0.05, 0.1) is 0 Å². The Bertz CT molecular complexity index is 213. The summed E-state index contributed by atoms with van der Waals surface area (Å²) < 4.78 is 17.6. The molecule has 62 valence electrons. The highest BCUT2D eigenvalue weighted by molar-refractivity contribution is 7.76. The molecule has 0 aliphatic heterocycles. The Labute approximate surface area is 72.6 Å². The van der Waals surface area contributed by atoms with Crippen LogP contribution in [0, 0.1) is 0 Å². The van der Waals surface area contributed by atoms with Crippen molar-refractivity contribution < 1.29 is 8.76 Å². The van der Waals surface area contributed by atoms with Crippen LogP contribution in [0.5, 0.6) is 0 Å². The highest BCUT2D eigenvalue weighted by Crippen LogP contribution is 2.03. The third kappa shape index (κ3) is 9.58. The molecule has 1 unspecified atom stereocenters. The Morgan fingerprint density at radius 1 is 1.36 bits per heavy atom. The van der Waals surface area contributed by atoms with E-state index >= 15 is 0 Å². The van der Waals surface area contributed by atoms with Gasteiger partial charge in [-0.2, -0.15) is 0 Å². The zero-order valence-corrected chi connectivity index (χ0v) is 7.14. The summed E-state index contributed by atoms with van der Waals surface area (Å²) in [6.07, 6.45) is 0. The molecular weight excluding hydrogens is 186 g/mol. The van der Waals surface area contributed by atoms with Crippen molar-refractivity contribution in [2.75, 3.05) is 0 Å². The lowest BCUT2D eigenvalue weighted by molar-refractivity contribution is 0.539. The van der Waals surface area contributed by atoms with Crippen LogP contribution in [0.25, 0.3) is 0 Å². The van der Waals surface area contributed by atoms with Crippen LogP contribution in [0.1, 0.15) is 0 Å². The van der Waals surface area contributed by atoms with Gasteiger partial charge in [-0.1, -0.05) is 29.8 Å². The van der Waals surface area contributed by atoms with E-state index in [1.54, 1.807) is 0 Å². The molecule has 0 saturated carbocycles. The molecule has 0 aliphatic carbocycles. The second-order valence-corrected chi connectivity index (χ2v) is 2.51. The lowest BCUT2D eigenvalue weighted by Gasteiger charge is -1.85. The largest absolute Gasteiger partial charge is 0.760 e. The zero-order valence-electron chi connectivity index (χ0n) is 5.57. The van der Waals surface area contributed by atoms with Crippen LogP contribution in [0.4, 0.5) is 0 Å². The third-order valence-electron chi connectivity index (χ3n) is 0.733. The second kappa shape index (κ2) is 6.30. The van der Waals surface area contributed by atoms with Crippen molar-refractivity contribution in [3.8, 4) is 0 Å². The molecule has 11 heavy (non-hydrogen) atoms. The summed E-state index contributed by atoms with van der Waals surface area (Å²) in [5.41, 5.74) is 0. The van der Waals surface area contributed by atoms with E-state index in [1.165, 1.54) is 0 Å². The van der Waals surface area contributed by atoms with Gasteiger partial charge in [0, 0.05) is 16.3 Å². The molecule has 1 atom stereocenters. The molecule has 0 radical (unpaired) electrons. The number of hydrogen-bond acceptors (Lipinski definition) is 2. The predicted octanol–water partition coefficient (Wildman–Crippen LogP) is 1.08. The minimum Gasteiger partial charge on any atom is -0.760 e. The molecule has 5 heteroatoms. The Hall–Kier alpha value is -0.420. The lowest BCUT2D eigenvalue weighted by atomic mass is 10.4. The standard InChI is InChI=1S/C6H5Cl.H3NO2S/c7-6-4-2-1-3-5-6;1-4(2)3/h1-5H;1H2,(H,2,3)/p-1. The van der Waals surface area contributed by atoms with Crippen LogP contribution in [0.2, 0.25) is 5.02 Å². The van der Waals surface area contributed by atoms with Gasteiger partial charge in [0.25, 0.3) is 0 Å². The van der Waals surface area contributed by atoms with E-state index in [1.807, 2.05) is 30.3 Å². The van der Waals surface area contributed by atoms with E-state index in [4.69, 9.17) is 20.4 Å². The second-order valence-electron chi connectivity index (χ2n) is 1.56. The molecule has 0 bridgehead atoms. The Balaban J connectivity index is 0.000000218. The molecule has 0 aromatic heterocycles. The topological polar surface area (TPSA) is 66.2 Å². The summed E-state index contributed by atoms with van der Waals surface area (Å²) in [6.45, 7) is 0. The SMILES string of the molecule is Clc1ccccc1.NS(=O)[O-]. The van der Waals surface area contributed by atoms with Crippen LogP contribution in [-0.2, 0) is 11.3 Å². The van der Waals surface area contributed by atoms with Crippen molar-refractivity contribution in [3.63, 3.8) is 0 Å². The van der Waals surface area contributed by atoms with Crippen LogP contribution in [0.3, 0.4) is 0 Å². The highest BCUT2D eigenvalue weighted by Gasteiger charge is 1.74. The summed E-state index contributed by atoms with van der Waals surface area (Å²) in [4.78, 5) is 0. The zero-order chi connectivity index (χ0) is 8.69. The maximum atomic E-state index is 8.78. The first kappa shape index (κ1) is 10.6. The molecule has 3 nitrogen and oxygen atoms in total. The molecule has 2 N–H and O–H groups in total. The van der Waals surface area contributed by atoms with Gasteiger partial charge in [0.15, 0.2) is 0 Å². The number of hydrogen-bond donors (Lipinski definition) is 1. The molecule has 0 fully saturated rings. The Kier molecular flexibility index (Phi) is 6.06. The fourth-order valence-electron chi connectivity index (χ4n) is 0.415. The summed E-state index contributed by atoms with van der Waals surface area (Å²) in [5.74, 6) is 0. The summed E-state index contributed by atoms with van der Waals surface area (Å²) in [5, 5.41) is 4.82. The van der Waals surface area contributed by atoms with E-state index in [2.05, 4.69) is 5.14 Å². The molecule has 1 rings (SSSR count). The third-order valence-corrected chi connectivity index (χ3v) is 0.985. The molecule has 1 aromatic carbocycles. The normalized spacial score (nSPS) is 11.2. The van der Waals surface area contributed by atoms with Crippen molar-refractivity contribution in [2.45, 2.75) is 0 Å². The average Bonchev–Trinajstić information content (AvgIpc) is 1.87. The van der Waals surface area contributed by atoms with Crippen LogP contribution in [0.15, 0.2) is 30.3 Å². The first-order valence-electron chi connectivity index (χ1n) is 2.67. The summed E-state index contributed by atoms with van der Waals surface area (Å²) >= 11 is 3.18. The summed E-state index contributed by atoms with van der Waals surface area (Å²) in [7, 11) is 0. The van der Waals surface area contributed by atoms with Crippen molar-refractivity contribution in [1.29, 1.82) is 0 Å². The van der Waals surface area contributed by atoms with Gasteiger partial charge in [0.2, 0.25) is 0 Å². The maximum Gasteiger partial charge on any atom is 0.0405 e. The quantitative estimate of drug-likeness (QED) is 0.625. The minimum atomic E-state index is -2.36. The average molecular weight is 193 g/mol. The fraction of sp³-hybridized carbons (Fsp3) is 0. The lowest BCUT2D eigenvalue weighted by Crippen LogP contribution is -1.97. The molecule has 0 heterocycles. The van der Waals surface area contributed by atoms with Gasteiger partial charge in [-0.25, -0.2) is 0 Å². The van der Waals surface area contributed by atoms with Crippen LogP contribution < -0.4 is 5.14 Å². The van der Waals surface area contributed by atoms with Crippen molar-refractivity contribution in [1.82, 2.24) is 0 Å². The molecular formula is C6H7ClNO2S-. The van der Waals surface area contributed by atoms with Gasteiger partial charge in [0.1, 0.15) is 0 Å². The van der Waals surface area contributed by atoms with E-state index < -0.39 is 11.3 Å². The first-order chi connectivity index (χ1) is 5.13. The number of halogens is 1. The number of rotatable bonds is 0. The maximum absolute atomic E-state index is 8.78. The summed E-state index contributed by atoms with van der Waals surface area (Å²) in [6, 6.07) is 9.44. The van der Waals surface area contributed by atoms with E-state index in [0.717, 1.165) is 5.02 Å². The smallest absolute Gasteiger partial charge is 0.0405 e. The Morgan fingerprint density at radius 2 is 1.73 bits per heavy atom. The predicted molar refractivity (Wildman–Crippen MR) is 44.6 cm³/mol. The number of nitrogens with two attached hydrogens (primary N) is 1. The molecule has 0 spiro atoms. The van der Waals surface area contributed by atoms with Gasteiger partial charge >= 0.3 is 0 Å². The van der Waals surface area contributed by atoms with Crippen molar-refractivity contribution in [2.24, 2.45) is 5.14 Å². The highest BCUT2D eigenvalue weighted by atomic mass is 35.5. The Morgan fingerprint density at radius 3 is 1.91 bits per heavy atom. The van der Waals surface area contributed by atoms with Gasteiger partial charge < -0.3 is 4.55 Å². The van der Waals surface area contributed by atoms with Crippen LogP contribution in [-0.4, -0.2) is 8.76 Å². The van der Waals surface area contributed by atoms with Crippen molar-refractivity contribution in [3.05, 3.63) is 35.4 Å². The molecule has 1 aromatic rings. The first-order valence-corrected chi connectivity index (χ1v) is 4.18. The van der Waals surface area contributed by atoms with Gasteiger partial charge in [-0.15, -0.1) is 0 Å². The van der Waals surface area contributed by atoms with Crippen molar-refractivity contribution >= 4 is 22.9 Å². The molecule has 0 aliphatic rings. The fourth-order valence-corrected chi connectivity index (χ4v) is 0.560. The van der Waals surface area contributed by atoms with Crippen LogP contribution >= 0.6 is 11.6 Å². The van der Waals surface area contributed by atoms with E-state index in [-0.39, 0.29) is 0 Å². The van der Waals surface area contributed by atoms with Gasteiger partial charge in [-0.3, -0.25) is 9.35 Å². The van der Waals surface area contributed by atoms with E-state index in [0.29, 0.717) is 0 Å². The monoisotopic (exact) mass is 192 g/mol.